The quantitative estimate of drug-likeness (QED) is 0.511. The predicted molar refractivity (Wildman–Crippen MR) is 64.2 cm³/mol. The van der Waals surface area contributed by atoms with Crippen LogP contribution < -0.4 is 10.6 Å². The van der Waals surface area contributed by atoms with E-state index in [1.54, 1.807) is 0 Å². The molecule has 1 aromatic carbocycles. The molecule has 1 saturated heterocycles. The molecule has 0 aromatic heterocycles. The summed E-state index contributed by atoms with van der Waals surface area (Å²) in [7, 11) is 0. The first kappa shape index (κ1) is 15.7. The summed E-state index contributed by atoms with van der Waals surface area (Å²) in [4.78, 5) is 11.7. The summed E-state index contributed by atoms with van der Waals surface area (Å²) >= 11 is 0. The number of hydrogen-bond acceptors (Lipinski definition) is 2. The van der Waals surface area contributed by atoms with E-state index in [0.717, 1.165) is 25.8 Å². The van der Waals surface area contributed by atoms with E-state index in [9.17, 15) is 26.7 Å². The Hall–Kier alpha value is -1.70. The molecule has 2 rings (SSSR count). The second-order valence-corrected chi connectivity index (χ2v) is 4.80. The summed E-state index contributed by atoms with van der Waals surface area (Å²) in [5.74, 6) is -12.1. The van der Waals surface area contributed by atoms with Crippen LogP contribution in [0, 0.1) is 29.1 Å². The van der Waals surface area contributed by atoms with Crippen molar-refractivity contribution in [2.75, 3.05) is 13.1 Å². The van der Waals surface area contributed by atoms with Crippen LogP contribution in [0.3, 0.4) is 0 Å². The minimum Gasteiger partial charge on any atom is -0.350 e. The van der Waals surface area contributed by atoms with Gasteiger partial charge in [0.15, 0.2) is 23.3 Å². The molecule has 8 heteroatoms. The molecule has 1 aliphatic heterocycles. The highest BCUT2D eigenvalue weighted by atomic mass is 19.2. The van der Waals surface area contributed by atoms with E-state index in [0.29, 0.717) is 0 Å². The van der Waals surface area contributed by atoms with Gasteiger partial charge in [0.05, 0.1) is 0 Å². The molecule has 0 saturated carbocycles. The standard InChI is InChI=1S/C13H13F5N2O/c14-8-7(9(15)11(17)12(18)10(8)16)13(21)20-5-6-3-1-2-4-19-6/h6,19H,1-5H2,(H,20,21). The van der Waals surface area contributed by atoms with Crippen LogP contribution in [0.15, 0.2) is 0 Å². The third kappa shape index (κ3) is 3.15. The molecule has 0 spiro atoms. The van der Waals surface area contributed by atoms with E-state index < -0.39 is 40.6 Å². The van der Waals surface area contributed by atoms with Gasteiger partial charge < -0.3 is 10.6 Å². The van der Waals surface area contributed by atoms with E-state index in [2.05, 4.69) is 10.6 Å². The highest BCUT2D eigenvalue weighted by Gasteiger charge is 2.29. The number of carbonyl (C=O) groups is 1. The Balaban J connectivity index is 2.15. The summed E-state index contributed by atoms with van der Waals surface area (Å²) in [6, 6.07) is -0.0797. The maximum atomic E-state index is 13.4. The first-order valence-corrected chi connectivity index (χ1v) is 6.46. The average Bonchev–Trinajstić information content (AvgIpc) is 2.50. The Morgan fingerprint density at radius 3 is 2.10 bits per heavy atom. The molecule has 0 bridgehead atoms. The fraction of sp³-hybridized carbons (Fsp3) is 0.462. The van der Waals surface area contributed by atoms with Crippen molar-refractivity contribution in [1.29, 1.82) is 0 Å². The van der Waals surface area contributed by atoms with E-state index in [4.69, 9.17) is 0 Å². The lowest BCUT2D eigenvalue weighted by molar-refractivity contribution is 0.0936. The molecule has 1 aliphatic rings. The Morgan fingerprint density at radius 2 is 1.57 bits per heavy atom. The molecule has 2 N–H and O–H groups in total. The molecule has 3 nitrogen and oxygen atoms in total. The molecule has 1 aromatic rings. The second-order valence-electron chi connectivity index (χ2n) is 4.80. The number of nitrogens with one attached hydrogen (secondary N) is 2. The number of benzene rings is 1. The van der Waals surface area contributed by atoms with Crippen molar-refractivity contribution < 1.29 is 26.7 Å². The first-order valence-electron chi connectivity index (χ1n) is 6.46. The molecule has 1 fully saturated rings. The van der Waals surface area contributed by atoms with Crippen molar-refractivity contribution in [3.8, 4) is 0 Å². The third-order valence-electron chi connectivity index (χ3n) is 3.36. The van der Waals surface area contributed by atoms with Crippen molar-refractivity contribution in [2.24, 2.45) is 0 Å². The molecule has 1 amide bonds. The minimum atomic E-state index is -2.28. The summed E-state index contributed by atoms with van der Waals surface area (Å²) in [5, 5.41) is 5.26. The number of amides is 1. The molecular formula is C13H13F5N2O. The molecular weight excluding hydrogens is 295 g/mol. The van der Waals surface area contributed by atoms with Gasteiger partial charge in [0.1, 0.15) is 5.56 Å². The van der Waals surface area contributed by atoms with Gasteiger partial charge in [-0.2, -0.15) is 0 Å². The molecule has 1 unspecified atom stereocenters. The topological polar surface area (TPSA) is 41.1 Å². The number of rotatable bonds is 3. The minimum absolute atomic E-state index is 0.0539. The maximum absolute atomic E-state index is 13.4. The largest absolute Gasteiger partial charge is 0.350 e. The van der Waals surface area contributed by atoms with Gasteiger partial charge in [-0.25, -0.2) is 22.0 Å². The van der Waals surface area contributed by atoms with Crippen molar-refractivity contribution in [1.82, 2.24) is 10.6 Å². The van der Waals surface area contributed by atoms with Crippen molar-refractivity contribution in [3.05, 3.63) is 34.6 Å². The average molecular weight is 308 g/mol. The Kier molecular flexibility index (Phi) is 4.76. The Bertz CT molecular complexity index is 529. The van der Waals surface area contributed by atoms with Gasteiger partial charge in [0.2, 0.25) is 5.82 Å². The Labute approximate surface area is 117 Å². The van der Waals surface area contributed by atoms with E-state index in [1.165, 1.54) is 0 Å². The lowest BCUT2D eigenvalue weighted by Crippen LogP contribution is -2.43. The SMILES string of the molecule is O=C(NCC1CCCCN1)c1c(F)c(F)c(F)c(F)c1F. The van der Waals surface area contributed by atoms with Crippen LogP contribution in [0.2, 0.25) is 0 Å². The number of halogens is 5. The van der Waals surface area contributed by atoms with Crippen LogP contribution in [-0.2, 0) is 0 Å². The first-order chi connectivity index (χ1) is 9.93. The van der Waals surface area contributed by atoms with Crippen LogP contribution >= 0.6 is 0 Å². The smallest absolute Gasteiger partial charge is 0.257 e. The summed E-state index contributed by atoms with van der Waals surface area (Å²) in [6.07, 6.45) is 2.69. The number of hydrogen-bond donors (Lipinski definition) is 2. The highest BCUT2D eigenvalue weighted by Crippen LogP contribution is 2.22. The fourth-order valence-electron chi connectivity index (χ4n) is 2.21. The lowest BCUT2D eigenvalue weighted by atomic mass is 10.0. The summed E-state index contributed by atoms with van der Waals surface area (Å²) in [6.45, 7) is 0.807. The zero-order valence-corrected chi connectivity index (χ0v) is 10.9. The van der Waals surface area contributed by atoms with Crippen LogP contribution in [0.1, 0.15) is 29.6 Å². The van der Waals surface area contributed by atoms with E-state index in [1.807, 2.05) is 0 Å². The normalized spacial score (nSPS) is 18.6. The van der Waals surface area contributed by atoms with Gasteiger partial charge in [-0.05, 0) is 19.4 Å². The van der Waals surface area contributed by atoms with Crippen LogP contribution in [-0.4, -0.2) is 25.0 Å². The van der Waals surface area contributed by atoms with Gasteiger partial charge in [-0.3, -0.25) is 4.79 Å². The molecule has 0 aliphatic carbocycles. The van der Waals surface area contributed by atoms with Crippen molar-refractivity contribution in [2.45, 2.75) is 25.3 Å². The molecule has 0 radical (unpaired) electrons. The molecule has 116 valence electrons. The van der Waals surface area contributed by atoms with Crippen LogP contribution in [0.5, 0.6) is 0 Å². The number of piperidine rings is 1. The lowest BCUT2D eigenvalue weighted by Gasteiger charge is -2.23. The van der Waals surface area contributed by atoms with Crippen LogP contribution in [0.25, 0.3) is 0 Å². The van der Waals surface area contributed by atoms with Gasteiger partial charge in [0, 0.05) is 12.6 Å². The maximum Gasteiger partial charge on any atom is 0.257 e. The Morgan fingerprint density at radius 1 is 1.00 bits per heavy atom. The van der Waals surface area contributed by atoms with Gasteiger partial charge in [-0.1, -0.05) is 6.42 Å². The molecule has 1 atom stereocenters. The monoisotopic (exact) mass is 308 g/mol. The molecule has 1 heterocycles. The fourth-order valence-corrected chi connectivity index (χ4v) is 2.21. The van der Waals surface area contributed by atoms with Crippen LogP contribution in [0.4, 0.5) is 22.0 Å². The van der Waals surface area contributed by atoms with Gasteiger partial charge in [0.25, 0.3) is 5.91 Å². The summed E-state index contributed by atoms with van der Waals surface area (Å²) in [5.41, 5.74) is -1.46. The predicted octanol–water partition coefficient (Wildman–Crippen LogP) is 2.25. The second kappa shape index (κ2) is 6.38. The van der Waals surface area contributed by atoms with E-state index in [-0.39, 0.29) is 12.6 Å². The van der Waals surface area contributed by atoms with E-state index >= 15 is 0 Å². The number of carbonyl (C=O) groups excluding carboxylic acids is 1. The van der Waals surface area contributed by atoms with Gasteiger partial charge >= 0.3 is 0 Å². The zero-order chi connectivity index (χ0) is 15.6. The van der Waals surface area contributed by atoms with Crippen molar-refractivity contribution in [3.63, 3.8) is 0 Å². The molecule has 21 heavy (non-hydrogen) atoms. The zero-order valence-electron chi connectivity index (χ0n) is 10.9. The third-order valence-corrected chi connectivity index (χ3v) is 3.36. The van der Waals surface area contributed by atoms with Gasteiger partial charge in [-0.15, -0.1) is 0 Å². The summed E-state index contributed by atoms with van der Waals surface area (Å²) < 4.78 is 65.7. The van der Waals surface area contributed by atoms with Crippen molar-refractivity contribution >= 4 is 5.91 Å². The highest BCUT2D eigenvalue weighted by molar-refractivity contribution is 5.94.